The molecule has 0 saturated carbocycles. The molecule has 0 atom stereocenters. The van der Waals surface area contributed by atoms with Crippen LogP contribution in [0, 0.1) is 16.7 Å². The lowest BCUT2D eigenvalue weighted by atomic mass is 9.93. The highest BCUT2D eigenvalue weighted by molar-refractivity contribution is 7.88. The van der Waals surface area contributed by atoms with E-state index in [1.54, 1.807) is 30.9 Å². The number of sulfonamides is 1. The van der Waals surface area contributed by atoms with Crippen LogP contribution >= 0.6 is 0 Å². The van der Waals surface area contributed by atoms with Crippen LogP contribution in [-0.2, 0) is 20.6 Å². The molecule has 1 amide bonds. The van der Waals surface area contributed by atoms with Crippen LogP contribution in [0.4, 0.5) is 0 Å². The maximum atomic E-state index is 12.5. The van der Waals surface area contributed by atoms with Crippen molar-refractivity contribution < 1.29 is 13.2 Å². The van der Waals surface area contributed by atoms with Gasteiger partial charge in [-0.3, -0.25) is 4.79 Å². The van der Waals surface area contributed by atoms with Crippen LogP contribution in [0.1, 0.15) is 19.4 Å². The van der Waals surface area contributed by atoms with Crippen LogP contribution in [0.15, 0.2) is 30.3 Å². The Balaban J connectivity index is 1.99. The first-order valence-corrected chi connectivity index (χ1v) is 9.09. The predicted molar refractivity (Wildman–Crippen MR) is 86.6 cm³/mol. The number of nitrogens with zero attached hydrogens (tertiary/aromatic N) is 3. The second-order valence-electron chi connectivity index (χ2n) is 6.17. The summed E-state index contributed by atoms with van der Waals surface area (Å²) in [6.07, 6.45) is 0. The predicted octanol–water partition coefficient (Wildman–Crippen LogP) is 1.21. The summed E-state index contributed by atoms with van der Waals surface area (Å²) in [5.41, 5.74) is -0.331. The van der Waals surface area contributed by atoms with Crippen molar-refractivity contribution in [2.45, 2.75) is 19.6 Å². The molecule has 0 unspecified atom stereocenters. The third-order valence-corrected chi connectivity index (χ3v) is 5.78. The third-order valence-electron chi connectivity index (χ3n) is 3.93. The molecule has 0 aliphatic carbocycles. The Morgan fingerprint density at radius 1 is 1.17 bits per heavy atom. The number of carbonyl (C=O) groups excluding carboxylic acids is 1. The van der Waals surface area contributed by atoms with E-state index >= 15 is 0 Å². The molecule has 1 aromatic rings. The maximum absolute atomic E-state index is 12.5. The number of hydrogen-bond donors (Lipinski definition) is 0. The molecule has 1 fully saturated rings. The van der Waals surface area contributed by atoms with Crippen molar-refractivity contribution in [3.8, 4) is 6.07 Å². The van der Waals surface area contributed by atoms with Gasteiger partial charge in [0, 0.05) is 26.2 Å². The first-order valence-electron chi connectivity index (χ1n) is 7.49. The molecule has 7 heteroatoms. The molecule has 1 saturated heterocycles. The van der Waals surface area contributed by atoms with Gasteiger partial charge in [-0.15, -0.1) is 0 Å². The van der Waals surface area contributed by atoms with E-state index in [1.165, 1.54) is 4.31 Å². The van der Waals surface area contributed by atoms with Crippen molar-refractivity contribution in [3.05, 3.63) is 35.9 Å². The summed E-state index contributed by atoms with van der Waals surface area (Å²) < 4.78 is 26.3. The first-order chi connectivity index (χ1) is 10.8. The van der Waals surface area contributed by atoms with Crippen LogP contribution in [0.2, 0.25) is 0 Å². The SMILES string of the molecule is CC(C)(C#N)C(=O)N1CCN(S(=O)(=O)Cc2ccccc2)CC1. The lowest BCUT2D eigenvalue weighted by Crippen LogP contribution is -2.53. The van der Waals surface area contributed by atoms with Gasteiger partial charge in [-0.25, -0.2) is 8.42 Å². The standard InChI is InChI=1S/C16H21N3O3S/c1-16(2,13-17)15(20)18-8-10-19(11-9-18)23(21,22)12-14-6-4-3-5-7-14/h3-7H,8-12H2,1-2H3. The number of amides is 1. The lowest BCUT2D eigenvalue weighted by molar-refractivity contribution is -0.138. The Labute approximate surface area is 137 Å². The minimum atomic E-state index is -3.40. The van der Waals surface area contributed by atoms with E-state index in [2.05, 4.69) is 0 Å². The zero-order valence-corrected chi connectivity index (χ0v) is 14.2. The number of piperazine rings is 1. The van der Waals surface area contributed by atoms with Crippen molar-refractivity contribution >= 4 is 15.9 Å². The van der Waals surface area contributed by atoms with Gasteiger partial charge in [0.25, 0.3) is 0 Å². The quantitative estimate of drug-likeness (QED) is 0.828. The van der Waals surface area contributed by atoms with Gasteiger partial charge in [0.15, 0.2) is 0 Å². The van der Waals surface area contributed by atoms with Crippen molar-refractivity contribution in [3.63, 3.8) is 0 Å². The fourth-order valence-electron chi connectivity index (χ4n) is 2.49. The molecule has 124 valence electrons. The molecule has 0 bridgehead atoms. The summed E-state index contributed by atoms with van der Waals surface area (Å²) in [6, 6.07) is 11.0. The number of rotatable bonds is 4. The average Bonchev–Trinajstić information content (AvgIpc) is 2.55. The Morgan fingerprint density at radius 2 is 1.74 bits per heavy atom. The molecule has 0 N–H and O–H groups in total. The molecular formula is C16H21N3O3S. The minimum Gasteiger partial charge on any atom is -0.339 e. The largest absolute Gasteiger partial charge is 0.339 e. The summed E-state index contributed by atoms with van der Waals surface area (Å²) in [5.74, 6) is -0.286. The Morgan fingerprint density at radius 3 is 2.26 bits per heavy atom. The van der Waals surface area contributed by atoms with Gasteiger partial charge < -0.3 is 4.90 Å². The van der Waals surface area contributed by atoms with Crippen LogP contribution in [0.25, 0.3) is 0 Å². The topological polar surface area (TPSA) is 81.5 Å². The number of hydrogen-bond acceptors (Lipinski definition) is 4. The van der Waals surface area contributed by atoms with Gasteiger partial charge in [-0.1, -0.05) is 30.3 Å². The molecular weight excluding hydrogens is 314 g/mol. The second-order valence-corrected chi connectivity index (χ2v) is 8.14. The van der Waals surface area contributed by atoms with Gasteiger partial charge in [0.1, 0.15) is 5.41 Å². The highest BCUT2D eigenvalue weighted by Gasteiger charge is 2.35. The molecule has 6 nitrogen and oxygen atoms in total. The van der Waals surface area contributed by atoms with E-state index in [1.807, 2.05) is 24.3 Å². The Kier molecular flexibility index (Phi) is 5.07. The minimum absolute atomic E-state index is 0.0362. The second kappa shape index (κ2) is 6.69. The number of carbonyl (C=O) groups is 1. The van der Waals surface area contributed by atoms with Gasteiger partial charge in [-0.2, -0.15) is 9.57 Å². The molecule has 2 rings (SSSR count). The van der Waals surface area contributed by atoms with Crippen molar-refractivity contribution in [1.29, 1.82) is 5.26 Å². The smallest absolute Gasteiger partial charge is 0.242 e. The molecule has 1 aliphatic heterocycles. The molecule has 0 radical (unpaired) electrons. The Hall–Kier alpha value is -1.91. The van der Waals surface area contributed by atoms with Crippen molar-refractivity contribution in [2.75, 3.05) is 26.2 Å². The monoisotopic (exact) mass is 335 g/mol. The Bertz CT molecular complexity index is 700. The average molecular weight is 335 g/mol. The fourth-order valence-corrected chi connectivity index (χ4v) is 4.00. The van der Waals surface area contributed by atoms with Gasteiger partial charge in [-0.05, 0) is 19.4 Å². The summed E-state index contributed by atoms with van der Waals surface area (Å²) in [6.45, 7) is 4.32. The van der Waals surface area contributed by atoms with Crippen LogP contribution in [0.5, 0.6) is 0 Å². The summed E-state index contributed by atoms with van der Waals surface area (Å²) in [4.78, 5) is 13.8. The fraction of sp³-hybridized carbons (Fsp3) is 0.500. The molecule has 1 aliphatic rings. The van der Waals surface area contributed by atoms with Gasteiger partial charge in [0.2, 0.25) is 15.9 Å². The van der Waals surface area contributed by atoms with Crippen LogP contribution < -0.4 is 0 Å². The van der Waals surface area contributed by atoms with E-state index in [0.29, 0.717) is 13.1 Å². The molecule has 1 heterocycles. The van der Waals surface area contributed by atoms with Gasteiger partial charge >= 0.3 is 0 Å². The number of nitriles is 1. The van der Waals surface area contributed by atoms with E-state index in [4.69, 9.17) is 5.26 Å². The summed E-state index contributed by atoms with van der Waals surface area (Å²) in [5, 5.41) is 9.04. The van der Waals surface area contributed by atoms with E-state index in [0.717, 1.165) is 5.56 Å². The van der Waals surface area contributed by atoms with E-state index < -0.39 is 15.4 Å². The zero-order chi connectivity index (χ0) is 17.1. The molecule has 0 spiro atoms. The molecule has 23 heavy (non-hydrogen) atoms. The van der Waals surface area contributed by atoms with E-state index in [-0.39, 0.29) is 24.7 Å². The normalized spacial score (nSPS) is 16.8. The van der Waals surface area contributed by atoms with E-state index in [9.17, 15) is 13.2 Å². The number of benzene rings is 1. The molecule has 0 aromatic heterocycles. The van der Waals surface area contributed by atoms with Gasteiger partial charge in [0.05, 0.1) is 11.8 Å². The summed E-state index contributed by atoms with van der Waals surface area (Å²) >= 11 is 0. The first kappa shape index (κ1) is 17.4. The highest BCUT2D eigenvalue weighted by Crippen LogP contribution is 2.20. The maximum Gasteiger partial charge on any atom is 0.242 e. The van der Waals surface area contributed by atoms with Crippen LogP contribution in [0.3, 0.4) is 0 Å². The van der Waals surface area contributed by atoms with Crippen molar-refractivity contribution in [1.82, 2.24) is 9.21 Å². The van der Waals surface area contributed by atoms with Crippen molar-refractivity contribution in [2.24, 2.45) is 5.41 Å². The zero-order valence-electron chi connectivity index (χ0n) is 13.4. The van der Waals surface area contributed by atoms with Crippen LogP contribution in [-0.4, -0.2) is 49.7 Å². The third kappa shape index (κ3) is 4.09. The lowest BCUT2D eigenvalue weighted by Gasteiger charge is -2.36. The highest BCUT2D eigenvalue weighted by atomic mass is 32.2. The molecule has 1 aromatic carbocycles. The summed E-state index contributed by atoms with van der Waals surface area (Å²) in [7, 11) is -3.40.